The van der Waals surface area contributed by atoms with Gasteiger partial charge >= 0.3 is 5.97 Å². The number of aromatic carboxylic acids is 1. The second-order valence-corrected chi connectivity index (χ2v) is 9.41. The van der Waals surface area contributed by atoms with Crippen molar-refractivity contribution in [3.63, 3.8) is 0 Å². The fraction of sp³-hybridized carbons (Fsp3) is 0.462. The number of nitrogens with zero attached hydrogens (tertiary/aromatic N) is 2. The Hall–Kier alpha value is -2.61. The molecular formula is C26H34ClN3O4. The Balaban J connectivity index is 1.66. The molecule has 7 nitrogen and oxygen atoms in total. The molecule has 1 aliphatic heterocycles. The number of benzene rings is 2. The normalized spacial score (nSPS) is 14.6. The number of carboxylic acid groups (broad SMARTS) is 1. The van der Waals surface area contributed by atoms with Gasteiger partial charge in [0.1, 0.15) is 0 Å². The molecule has 0 saturated carbocycles. The van der Waals surface area contributed by atoms with E-state index in [9.17, 15) is 14.7 Å². The molecule has 34 heavy (non-hydrogen) atoms. The van der Waals surface area contributed by atoms with Gasteiger partial charge in [0.2, 0.25) is 0 Å². The van der Waals surface area contributed by atoms with E-state index >= 15 is 0 Å². The van der Waals surface area contributed by atoms with E-state index in [4.69, 9.17) is 16.3 Å². The molecule has 8 heteroatoms. The predicted molar refractivity (Wildman–Crippen MR) is 136 cm³/mol. The molecule has 1 saturated heterocycles. The number of hydrogen-bond donors (Lipinski definition) is 2. The van der Waals surface area contributed by atoms with Gasteiger partial charge < -0.3 is 25.0 Å². The van der Waals surface area contributed by atoms with Crippen LogP contribution in [0.4, 0.5) is 11.4 Å². The van der Waals surface area contributed by atoms with Crippen molar-refractivity contribution in [1.29, 1.82) is 0 Å². The standard InChI is InChI=1S/C26H34ClN3O4/c1-18(2)34-16-4-13-29(3)22-11-14-30(15-12-22)24-10-7-20(26(32)33)17-23(24)28-25(31)19-5-8-21(27)9-6-19/h5-10,17-18,22H,4,11-16H2,1-3H3,(H,28,31)(H,32,33). The Morgan fingerprint density at radius 1 is 1.15 bits per heavy atom. The summed E-state index contributed by atoms with van der Waals surface area (Å²) in [4.78, 5) is 29.0. The van der Waals surface area contributed by atoms with Crippen molar-refractivity contribution in [1.82, 2.24) is 4.90 Å². The Kier molecular flexibility index (Phi) is 9.33. The summed E-state index contributed by atoms with van der Waals surface area (Å²) in [5.74, 6) is -1.34. The third-order valence-electron chi connectivity index (χ3n) is 6.13. The fourth-order valence-electron chi connectivity index (χ4n) is 4.20. The summed E-state index contributed by atoms with van der Waals surface area (Å²) in [5, 5.41) is 12.9. The highest BCUT2D eigenvalue weighted by molar-refractivity contribution is 6.30. The van der Waals surface area contributed by atoms with Gasteiger partial charge in [0, 0.05) is 42.9 Å². The number of nitrogens with one attached hydrogen (secondary N) is 1. The predicted octanol–water partition coefficient (Wildman–Crippen LogP) is 5.01. The van der Waals surface area contributed by atoms with Crippen molar-refractivity contribution in [2.24, 2.45) is 0 Å². The van der Waals surface area contributed by atoms with E-state index in [-0.39, 0.29) is 17.6 Å². The van der Waals surface area contributed by atoms with E-state index in [2.05, 4.69) is 36.0 Å². The van der Waals surface area contributed by atoms with Gasteiger partial charge in [-0.05, 0) is 82.6 Å². The van der Waals surface area contributed by atoms with Crippen LogP contribution >= 0.6 is 11.6 Å². The van der Waals surface area contributed by atoms with Crippen molar-refractivity contribution in [3.8, 4) is 0 Å². The van der Waals surface area contributed by atoms with Gasteiger partial charge in [-0.25, -0.2) is 4.79 Å². The van der Waals surface area contributed by atoms with Crippen molar-refractivity contribution >= 4 is 34.9 Å². The van der Waals surface area contributed by atoms with E-state index in [0.29, 0.717) is 22.3 Å². The van der Waals surface area contributed by atoms with E-state index in [1.54, 1.807) is 36.4 Å². The van der Waals surface area contributed by atoms with Crippen molar-refractivity contribution < 1.29 is 19.4 Å². The Bertz CT molecular complexity index is 973. The number of ether oxygens (including phenoxy) is 1. The summed E-state index contributed by atoms with van der Waals surface area (Å²) in [6, 6.07) is 12.0. The lowest BCUT2D eigenvalue weighted by molar-refractivity contribution is 0.0681. The summed E-state index contributed by atoms with van der Waals surface area (Å²) in [6.07, 6.45) is 3.25. The molecule has 0 radical (unpaired) electrons. The molecule has 0 bridgehead atoms. The SMILES string of the molecule is CC(C)OCCCN(C)C1CCN(c2ccc(C(=O)O)cc2NC(=O)c2ccc(Cl)cc2)CC1. The van der Waals surface area contributed by atoms with Crippen LogP contribution in [0.5, 0.6) is 0 Å². The summed E-state index contributed by atoms with van der Waals surface area (Å²) in [7, 11) is 2.16. The summed E-state index contributed by atoms with van der Waals surface area (Å²) in [5.41, 5.74) is 1.92. The minimum absolute atomic E-state index is 0.133. The molecule has 2 aromatic rings. The minimum atomic E-state index is -1.03. The Labute approximate surface area is 206 Å². The number of carbonyl (C=O) groups excluding carboxylic acids is 1. The van der Waals surface area contributed by atoms with Gasteiger partial charge in [0.25, 0.3) is 5.91 Å². The molecule has 1 heterocycles. The molecule has 0 unspecified atom stereocenters. The molecule has 3 rings (SSSR count). The molecule has 2 aromatic carbocycles. The number of carbonyl (C=O) groups is 2. The van der Waals surface area contributed by atoms with Crippen LogP contribution in [0.25, 0.3) is 0 Å². The van der Waals surface area contributed by atoms with Crippen molar-refractivity contribution in [3.05, 3.63) is 58.6 Å². The zero-order valence-corrected chi connectivity index (χ0v) is 20.8. The zero-order chi connectivity index (χ0) is 24.7. The van der Waals surface area contributed by atoms with Crippen LogP contribution < -0.4 is 10.2 Å². The highest BCUT2D eigenvalue weighted by Gasteiger charge is 2.25. The number of carboxylic acids is 1. The number of rotatable bonds is 10. The number of halogens is 1. The van der Waals surface area contributed by atoms with Crippen molar-refractivity contribution in [2.45, 2.75) is 45.3 Å². The van der Waals surface area contributed by atoms with Crippen LogP contribution in [0.15, 0.2) is 42.5 Å². The molecule has 1 amide bonds. The maximum atomic E-state index is 12.8. The lowest BCUT2D eigenvalue weighted by atomic mass is 10.0. The van der Waals surface area contributed by atoms with Crippen LogP contribution in [-0.4, -0.2) is 67.3 Å². The smallest absolute Gasteiger partial charge is 0.335 e. The van der Waals surface area contributed by atoms with E-state index < -0.39 is 5.97 Å². The highest BCUT2D eigenvalue weighted by Crippen LogP contribution is 2.31. The molecule has 184 valence electrons. The fourth-order valence-corrected chi connectivity index (χ4v) is 4.33. The number of piperidine rings is 1. The molecule has 1 aliphatic rings. The van der Waals surface area contributed by atoms with Gasteiger partial charge in [0.15, 0.2) is 0 Å². The van der Waals surface area contributed by atoms with Gasteiger partial charge in [-0.3, -0.25) is 4.79 Å². The first-order valence-corrected chi connectivity index (χ1v) is 12.1. The molecule has 1 fully saturated rings. The topological polar surface area (TPSA) is 82.1 Å². The first-order valence-electron chi connectivity index (χ1n) is 11.8. The number of anilines is 2. The lowest BCUT2D eigenvalue weighted by Gasteiger charge is -2.38. The number of amides is 1. The van der Waals surface area contributed by atoms with E-state index in [1.807, 2.05) is 0 Å². The third kappa shape index (κ3) is 7.19. The van der Waals surface area contributed by atoms with Crippen LogP contribution in [0.3, 0.4) is 0 Å². The van der Waals surface area contributed by atoms with E-state index in [0.717, 1.165) is 51.2 Å². The second-order valence-electron chi connectivity index (χ2n) is 8.97. The number of hydrogen-bond acceptors (Lipinski definition) is 5. The van der Waals surface area contributed by atoms with Crippen molar-refractivity contribution in [2.75, 3.05) is 43.5 Å². The lowest BCUT2D eigenvalue weighted by Crippen LogP contribution is -2.44. The molecule has 0 aromatic heterocycles. The van der Waals surface area contributed by atoms with E-state index in [1.165, 1.54) is 6.07 Å². The van der Waals surface area contributed by atoms with Crippen LogP contribution in [0, 0.1) is 0 Å². The van der Waals surface area contributed by atoms with Gasteiger partial charge in [-0.15, -0.1) is 0 Å². The average molecular weight is 488 g/mol. The van der Waals surface area contributed by atoms with Crippen LogP contribution in [0.2, 0.25) is 5.02 Å². The molecule has 0 atom stereocenters. The summed E-state index contributed by atoms with van der Waals surface area (Å²) < 4.78 is 5.65. The highest BCUT2D eigenvalue weighted by atomic mass is 35.5. The maximum Gasteiger partial charge on any atom is 0.335 e. The average Bonchev–Trinajstić information content (AvgIpc) is 2.82. The van der Waals surface area contributed by atoms with Gasteiger partial charge in [-0.1, -0.05) is 11.6 Å². The summed E-state index contributed by atoms with van der Waals surface area (Å²) >= 11 is 5.93. The largest absolute Gasteiger partial charge is 0.478 e. The molecule has 0 aliphatic carbocycles. The Morgan fingerprint density at radius 2 is 1.79 bits per heavy atom. The molecular weight excluding hydrogens is 454 g/mol. The minimum Gasteiger partial charge on any atom is -0.478 e. The van der Waals surface area contributed by atoms with Gasteiger partial charge in [-0.2, -0.15) is 0 Å². The first-order chi connectivity index (χ1) is 16.2. The third-order valence-corrected chi connectivity index (χ3v) is 6.38. The monoisotopic (exact) mass is 487 g/mol. The van der Waals surface area contributed by atoms with Crippen LogP contribution in [0.1, 0.15) is 53.8 Å². The quantitative estimate of drug-likeness (QED) is 0.458. The van der Waals surface area contributed by atoms with Crippen LogP contribution in [-0.2, 0) is 4.74 Å². The molecule has 0 spiro atoms. The van der Waals surface area contributed by atoms with Gasteiger partial charge in [0.05, 0.1) is 23.0 Å². The Morgan fingerprint density at radius 3 is 2.41 bits per heavy atom. The second kappa shape index (κ2) is 12.2. The first kappa shape index (κ1) is 26.0. The summed E-state index contributed by atoms with van der Waals surface area (Å²) in [6.45, 7) is 7.52. The maximum absolute atomic E-state index is 12.8. The zero-order valence-electron chi connectivity index (χ0n) is 20.1. The molecule has 2 N–H and O–H groups in total.